The van der Waals surface area contributed by atoms with Crippen LogP contribution in [0.4, 0.5) is 4.39 Å². The molecule has 1 heterocycles. The van der Waals surface area contributed by atoms with Gasteiger partial charge in [0.2, 0.25) is 10.0 Å². The first-order valence-corrected chi connectivity index (χ1v) is 11.9. The molecule has 174 valence electrons. The molecular formula is C22H27FN2O6S. The second-order valence-corrected chi connectivity index (χ2v) is 9.01. The molecule has 0 aromatic heterocycles. The highest BCUT2D eigenvalue weighted by atomic mass is 32.2. The van der Waals surface area contributed by atoms with E-state index in [0.717, 1.165) is 0 Å². The van der Waals surface area contributed by atoms with E-state index in [1.165, 1.54) is 28.6 Å². The fraction of sp³-hybridized carbons (Fsp3) is 0.409. The molecule has 0 aliphatic carbocycles. The summed E-state index contributed by atoms with van der Waals surface area (Å²) in [5.74, 6) is -0.389. The maximum absolute atomic E-state index is 13.7. The van der Waals surface area contributed by atoms with Crippen molar-refractivity contribution in [1.29, 1.82) is 0 Å². The number of ether oxygens (including phenoxy) is 3. The highest BCUT2D eigenvalue weighted by molar-refractivity contribution is 7.89. The molecule has 3 rings (SSSR count). The van der Waals surface area contributed by atoms with Gasteiger partial charge < -0.3 is 19.5 Å². The van der Waals surface area contributed by atoms with Crippen LogP contribution in [0.5, 0.6) is 11.5 Å². The monoisotopic (exact) mass is 466 g/mol. The summed E-state index contributed by atoms with van der Waals surface area (Å²) in [6, 6.07) is 12.1. The summed E-state index contributed by atoms with van der Waals surface area (Å²) in [7, 11) is -3.56. The SMILES string of the molecule is CC[C@@H](Oc1ccccc1F)C(=O)NCCOc1ccc(S(=O)(=O)N2CCOCC2)cc1. The fourth-order valence-electron chi connectivity index (χ4n) is 3.12. The Kier molecular flexibility index (Phi) is 8.43. The Balaban J connectivity index is 1.45. The molecule has 0 unspecified atom stereocenters. The third-order valence-electron chi connectivity index (χ3n) is 4.87. The molecule has 1 aliphatic heterocycles. The van der Waals surface area contributed by atoms with Crippen molar-refractivity contribution < 1.29 is 31.8 Å². The molecule has 10 heteroatoms. The van der Waals surface area contributed by atoms with Gasteiger partial charge in [0, 0.05) is 13.1 Å². The topological polar surface area (TPSA) is 94.2 Å². The number of carbonyl (C=O) groups excluding carboxylic acids is 1. The van der Waals surface area contributed by atoms with E-state index in [-0.39, 0.29) is 29.7 Å². The molecule has 8 nitrogen and oxygen atoms in total. The van der Waals surface area contributed by atoms with E-state index in [1.807, 2.05) is 0 Å². The van der Waals surface area contributed by atoms with Crippen LogP contribution in [-0.4, -0.2) is 64.2 Å². The second kappa shape index (κ2) is 11.3. The lowest BCUT2D eigenvalue weighted by Crippen LogP contribution is -2.40. The molecular weight excluding hydrogens is 439 g/mol. The van der Waals surface area contributed by atoms with Crippen LogP contribution in [0.15, 0.2) is 53.4 Å². The Hall–Kier alpha value is -2.69. The Labute approximate surface area is 187 Å². The van der Waals surface area contributed by atoms with Crippen molar-refractivity contribution in [3.8, 4) is 11.5 Å². The Morgan fingerprint density at radius 1 is 1.16 bits per heavy atom. The first-order chi connectivity index (χ1) is 15.4. The lowest BCUT2D eigenvalue weighted by atomic mass is 10.2. The van der Waals surface area contributed by atoms with Crippen molar-refractivity contribution in [3.05, 3.63) is 54.3 Å². The number of sulfonamides is 1. The molecule has 1 saturated heterocycles. The minimum absolute atomic E-state index is 0.0258. The fourth-order valence-corrected chi connectivity index (χ4v) is 4.52. The minimum atomic E-state index is -3.56. The van der Waals surface area contributed by atoms with Crippen LogP contribution < -0.4 is 14.8 Å². The van der Waals surface area contributed by atoms with Crippen LogP contribution in [0.2, 0.25) is 0 Å². The number of halogens is 1. The van der Waals surface area contributed by atoms with E-state index in [4.69, 9.17) is 14.2 Å². The number of benzene rings is 2. The quantitative estimate of drug-likeness (QED) is 0.540. The number of para-hydroxylation sites is 1. The molecule has 1 fully saturated rings. The number of morpholine rings is 1. The lowest BCUT2D eigenvalue weighted by Gasteiger charge is -2.26. The normalized spacial score (nSPS) is 15.7. The molecule has 0 spiro atoms. The molecule has 0 saturated carbocycles. The average molecular weight is 467 g/mol. The van der Waals surface area contributed by atoms with E-state index in [2.05, 4.69) is 5.32 Å². The molecule has 2 aromatic carbocycles. The second-order valence-electron chi connectivity index (χ2n) is 7.07. The van der Waals surface area contributed by atoms with Crippen LogP contribution in [0, 0.1) is 5.82 Å². The van der Waals surface area contributed by atoms with Crippen molar-refractivity contribution in [2.75, 3.05) is 39.5 Å². The highest BCUT2D eigenvalue weighted by Gasteiger charge is 2.26. The van der Waals surface area contributed by atoms with Crippen LogP contribution >= 0.6 is 0 Å². The first-order valence-electron chi connectivity index (χ1n) is 10.4. The van der Waals surface area contributed by atoms with Gasteiger partial charge in [0.1, 0.15) is 12.4 Å². The Morgan fingerprint density at radius 2 is 1.84 bits per heavy atom. The number of hydrogen-bond donors (Lipinski definition) is 1. The van der Waals surface area contributed by atoms with Crippen LogP contribution in [0.3, 0.4) is 0 Å². The molecule has 1 amide bonds. The third kappa shape index (κ3) is 6.18. The zero-order valence-electron chi connectivity index (χ0n) is 17.8. The molecule has 0 radical (unpaired) electrons. The summed E-state index contributed by atoms with van der Waals surface area (Å²) >= 11 is 0. The van der Waals surface area contributed by atoms with E-state index in [9.17, 15) is 17.6 Å². The average Bonchev–Trinajstić information content (AvgIpc) is 2.82. The maximum atomic E-state index is 13.7. The van der Waals surface area contributed by atoms with Crippen LogP contribution in [-0.2, 0) is 19.6 Å². The van der Waals surface area contributed by atoms with Crippen LogP contribution in [0.25, 0.3) is 0 Å². The van der Waals surface area contributed by atoms with Gasteiger partial charge in [0.15, 0.2) is 17.7 Å². The summed E-state index contributed by atoms with van der Waals surface area (Å²) in [6.45, 7) is 3.60. The van der Waals surface area contributed by atoms with Gasteiger partial charge in [0.05, 0.1) is 24.7 Å². The van der Waals surface area contributed by atoms with Gasteiger partial charge >= 0.3 is 0 Å². The summed E-state index contributed by atoms with van der Waals surface area (Å²) in [4.78, 5) is 12.5. The van der Waals surface area contributed by atoms with Crippen LogP contribution in [0.1, 0.15) is 13.3 Å². The summed E-state index contributed by atoms with van der Waals surface area (Å²) in [5.41, 5.74) is 0. The third-order valence-corrected chi connectivity index (χ3v) is 6.78. The Morgan fingerprint density at radius 3 is 2.50 bits per heavy atom. The van der Waals surface area contributed by atoms with Crippen molar-refractivity contribution in [2.45, 2.75) is 24.3 Å². The van der Waals surface area contributed by atoms with Gasteiger partial charge in [-0.05, 0) is 42.8 Å². The Bertz CT molecular complexity index is 994. The van der Waals surface area contributed by atoms with E-state index >= 15 is 0 Å². The summed E-state index contributed by atoms with van der Waals surface area (Å²) < 4.78 is 56.6. The highest BCUT2D eigenvalue weighted by Crippen LogP contribution is 2.21. The molecule has 1 aliphatic rings. The number of nitrogens with zero attached hydrogens (tertiary/aromatic N) is 1. The van der Waals surface area contributed by atoms with E-state index < -0.39 is 21.9 Å². The molecule has 1 N–H and O–H groups in total. The number of amides is 1. The maximum Gasteiger partial charge on any atom is 0.261 e. The van der Waals surface area contributed by atoms with Gasteiger partial charge in [-0.25, -0.2) is 12.8 Å². The number of rotatable bonds is 10. The summed E-state index contributed by atoms with van der Waals surface area (Å²) in [5, 5.41) is 2.70. The number of hydrogen-bond acceptors (Lipinski definition) is 6. The minimum Gasteiger partial charge on any atom is -0.492 e. The predicted molar refractivity (Wildman–Crippen MR) is 116 cm³/mol. The molecule has 1 atom stereocenters. The van der Waals surface area contributed by atoms with E-state index in [1.54, 1.807) is 31.2 Å². The molecule has 32 heavy (non-hydrogen) atoms. The lowest BCUT2D eigenvalue weighted by molar-refractivity contribution is -0.128. The standard InChI is InChI=1S/C22H27FN2O6S/c1-2-20(31-21-6-4-3-5-19(21)23)22(26)24-11-14-30-17-7-9-18(10-8-17)32(27,28)25-12-15-29-16-13-25/h3-10,20H,2,11-16H2,1H3,(H,24,26)/t20-/m1/s1. The smallest absolute Gasteiger partial charge is 0.261 e. The molecule has 0 bridgehead atoms. The number of nitrogens with one attached hydrogen (secondary N) is 1. The number of carbonyl (C=O) groups is 1. The van der Waals surface area contributed by atoms with Crippen molar-refractivity contribution >= 4 is 15.9 Å². The van der Waals surface area contributed by atoms with Crippen molar-refractivity contribution in [2.24, 2.45) is 0 Å². The van der Waals surface area contributed by atoms with E-state index in [0.29, 0.717) is 38.5 Å². The predicted octanol–water partition coefficient (Wildman–Crippen LogP) is 2.20. The van der Waals surface area contributed by atoms with Crippen molar-refractivity contribution in [3.63, 3.8) is 0 Å². The van der Waals surface area contributed by atoms with Gasteiger partial charge in [-0.15, -0.1) is 0 Å². The van der Waals surface area contributed by atoms with Gasteiger partial charge in [-0.3, -0.25) is 4.79 Å². The zero-order chi connectivity index (χ0) is 23.0. The summed E-state index contributed by atoms with van der Waals surface area (Å²) in [6.07, 6.45) is -0.448. The van der Waals surface area contributed by atoms with Crippen molar-refractivity contribution in [1.82, 2.24) is 9.62 Å². The first kappa shape index (κ1) is 24.0. The zero-order valence-corrected chi connectivity index (χ0v) is 18.6. The molecule has 2 aromatic rings. The largest absolute Gasteiger partial charge is 0.492 e. The van der Waals surface area contributed by atoms with Gasteiger partial charge in [0.25, 0.3) is 5.91 Å². The van der Waals surface area contributed by atoms with Gasteiger partial charge in [-0.2, -0.15) is 4.31 Å². The van der Waals surface area contributed by atoms with Gasteiger partial charge in [-0.1, -0.05) is 19.1 Å².